The van der Waals surface area contributed by atoms with Gasteiger partial charge in [0.25, 0.3) is 0 Å². The minimum Gasteiger partial charge on any atom is -0.343 e. The van der Waals surface area contributed by atoms with E-state index in [9.17, 15) is 4.79 Å². The number of carbonyl (C=O) groups excluding carboxylic acids is 1. The monoisotopic (exact) mass is 394 g/mol. The van der Waals surface area contributed by atoms with Crippen LogP contribution in [0.2, 0.25) is 0 Å². The molecule has 0 amide bonds. The highest BCUT2D eigenvalue weighted by Crippen LogP contribution is 2.34. The maximum Gasteiger partial charge on any atom is 0.232 e. The second kappa shape index (κ2) is 6.97. The Labute approximate surface area is 166 Å². The summed E-state index contributed by atoms with van der Waals surface area (Å²) in [4.78, 5) is 12.3. The first-order valence-corrected chi connectivity index (χ1v) is 9.50. The van der Waals surface area contributed by atoms with Crippen molar-refractivity contribution in [1.82, 2.24) is 14.3 Å². The van der Waals surface area contributed by atoms with Crippen LogP contribution < -0.4 is 5.32 Å². The fourth-order valence-electron chi connectivity index (χ4n) is 3.61. The zero-order valence-electron chi connectivity index (χ0n) is 14.9. The number of Topliss-reactive ketones (excluding diaryl/α,β-unsaturated/α-hetero) is 1. The third kappa shape index (κ3) is 2.95. The van der Waals surface area contributed by atoms with E-state index in [0.717, 1.165) is 11.4 Å². The third-order valence-corrected chi connectivity index (χ3v) is 5.34. The predicted molar refractivity (Wildman–Crippen MR) is 105 cm³/mol. The third-order valence-electron chi connectivity index (χ3n) is 4.97. The van der Waals surface area contributed by atoms with Gasteiger partial charge in [-0.2, -0.15) is 0 Å². The number of aromatic nitrogens is 3. The Morgan fingerprint density at radius 3 is 2.54 bits per heavy atom. The molecule has 2 aliphatic rings. The van der Waals surface area contributed by atoms with Gasteiger partial charge in [-0.05, 0) is 36.5 Å². The molecule has 0 spiro atoms. The van der Waals surface area contributed by atoms with Gasteiger partial charge in [0.1, 0.15) is 6.10 Å². The van der Waals surface area contributed by atoms with E-state index in [0.29, 0.717) is 23.7 Å². The lowest BCUT2D eigenvalue weighted by atomic mass is 10.0. The lowest BCUT2D eigenvalue weighted by Gasteiger charge is -2.26. The number of nitrogens with one attached hydrogen (secondary N) is 1. The molecule has 7 nitrogen and oxygen atoms in total. The normalized spacial score (nSPS) is 23.7. The summed E-state index contributed by atoms with van der Waals surface area (Å²) in [6.07, 6.45) is -0.688. The van der Waals surface area contributed by atoms with Crippen LogP contribution in [0, 0.1) is 4.77 Å². The van der Waals surface area contributed by atoms with Crippen molar-refractivity contribution in [3.8, 4) is 5.69 Å². The van der Waals surface area contributed by atoms with Crippen LogP contribution in [0.1, 0.15) is 12.5 Å². The number of para-hydroxylation sites is 2. The summed E-state index contributed by atoms with van der Waals surface area (Å²) in [5.74, 6) is 0.503. The Bertz CT molecular complexity index is 1060. The van der Waals surface area contributed by atoms with Gasteiger partial charge in [0.15, 0.2) is 5.78 Å². The van der Waals surface area contributed by atoms with Crippen LogP contribution in [0.3, 0.4) is 0 Å². The number of ketones is 1. The SMILES string of the molecule is O=C1C[C@H](n2nc(Nc3ccccc3)n(-c3ccccc3)c2=S)[C@@H]2CO[C@H]1O2. The number of nitrogens with zero attached hydrogens (tertiary/aromatic N) is 3. The molecule has 2 aliphatic heterocycles. The van der Waals surface area contributed by atoms with Gasteiger partial charge in [-0.25, -0.2) is 4.68 Å². The smallest absolute Gasteiger partial charge is 0.232 e. The number of benzene rings is 2. The lowest BCUT2D eigenvalue weighted by molar-refractivity contribution is -0.156. The van der Waals surface area contributed by atoms with E-state index in [2.05, 4.69) is 5.32 Å². The maximum absolute atomic E-state index is 12.3. The Morgan fingerprint density at radius 1 is 1.07 bits per heavy atom. The molecule has 0 aliphatic carbocycles. The number of hydrogen-bond donors (Lipinski definition) is 1. The predicted octanol–water partition coefficient (Wildman–Crippen LogP) is 3.40. The quantitative estimate of drug-likeness (QED) is 0.684. The van der Waals surface area contributed by atoms with Crippen molar-refractivity contribution in [3.63, 3.8) is 0 Å². The van der Waals surface area contributed by atoms with Crippen LogP contribution in [-0.4, -0.2) is 39.1 Å². The summed E-state index contributed by atoms with van der Waals surface area (Å²) < 4.78 is 15.2. The zero-order valence-corrected chi connectivity index (χ0v) is 15.7. The Hall–Kier alpha value is -2.81. The molecule has 2 fully saturated rings. The highest BCUT2D eigenvalue weighted by molar-refractivity contribution is 7.71. The molecule has 0 saturated carbocycles. The standard InChI is InChI=1S/C20H18N4O3S/c25-16-11-15(17-12-26-18(16)27-17)24-20(28)23(14-9-5-2-6-10-14)19(22-24)21-13-7-3-1-4-8-13/h1-10,15,17-18H,11-12H2,(H,21,22)/t15-,17-,18-/m0/s1. The fraction of sp³-hybridized carbons (Fsp3) is 0.250. The number of ether oxygens (including phenoxy) is 2. The second-order valence-electron chi connectivity index (χ2n) is 6.79. The summed E-state index contributed by atoms with van der Waals surface area (Å²) in [5.41, 5.74) is 1.79. The van der Waals surface area contributed by atoms with Gasteiger partial charge in [0, 0.05) is 12.1 Å². The van der Waals surface area contributed by atoms with E-state index in [1.807, 2.05) is 65.2 Å². The highest BCUT2D eigenvalue weighted by Gasteiger charge is 2.45. The molecular weight excluding hydrogens is 376 g/mol. The van der Waals surface area contributed by atoms with Crippen molar-refractivity contribution in [2.75, 3.05) is 11.9 Å². The van der Waals surface area contributed by atoms with Crippen LogP contribution in [0.4, 0.5) is 11.6 Å². The molecule has 3 atom stereocenters. The molecule has 142 valence electrons. The van der Waals surface area contributed by atoms with Crippen molar-refractivity contribution < 1.29 is 14.3 Å². The lowest BCUT2D eigenvalue weighted by Crippen LogP contribution is -2.37. The van der Waals surface area contributed by atoms with Gasteiger partial charge in [-0.15, -0.1) is 5.10 Å². The molecule has 2 bridgehead atoms. The molecule has 1 aromatic heterocycles. The van der Waals surface area contributed by atoms with E-state index in [4.69, 9.17) is 26.8 Å². The van der Waals surface area contributed by atoms with Crippen molar-refractivity contribution in [1.29, 1.82) is 0 Å². The van der Waals surface area contributed by atoms with Gasteiger partial charge in [-0.3, -0.25) is 9.36 Å². The molecule has 2 saturated heterocycles. The number of rotatable bonds is 4. The molecule has 0 unspecified atom stereocenters. The van der Waals surface area contributed by atoms with E-state index in [-0.39, 0.29) is 17.9 Å². The Balaban J connectivity index is 1.61. The minimum absolute atomic E-state index is 0.0764. The first-order valence-electron chi connectivity index (χ1n) is 9.09. The second-order valence-corrected chi connectivity index (χ2v) is 7.16. The topological polar surface area (TPSA) is 70.3 Å². The van der Waals surface area contributed by atoms with Gasteiger partial charge in [-0.1, -0.05) is 36.4 Å². The number of carbonyl (C=O) groups is 1. The Kier molecular flexibility index (Phi) is 4.31. The van der Waals surface area contributed by atoms with Gasteiger partial charge < -0.3 is 14.8 Å². The van der Waals surface area contributed by atoms with Crippen LogP contribution in [0.5, 0.6) is 0 Å². The molecule has 28 heavy (non-hydrogen) atoms. The van der Waals surface area contributed by atoms with Gasteiger partial charge in [0.2, 0.25) is 17.0 Å². The molecular formula is C20H18N4O3S. The maximum atomic E-state index is 12.3. The molecule has 1 N–H and O–H groups in total. The Morgan fingerprint density at radius 2 is 1.79 bits per heavy atom. The zero-order chi connectivity index (χ0) is 19.1. The fourth-order valence-corrected chi connectivity index (χ4v) is 3.98. The number of fused-ring (bicyclic) bond motifs is 2. The van der Waals surface area contributed by atoms with Crippen LogP contribution in [0.25, 0.3) is 5.69 Å². The van der Waals surface area contributed by atoms with Gasteiger partial charge in [0.05, 0.1) is 18.3 Å². The number of anilines is 2. The van der Waals surface area contributed by atoms with Crippen molar-refractivity contribution in [3.05, 3.63) is 65.4 Å². The van der Waals surface area contributed by atoms with E-state index < -0.39 is 6.29 Å². The van der Waals surface area contributed by atoms with Crippen LogP contribution >= 0.6 is 12.2 Å². The molecule has 8 heteroatoms. The van der Waals surface area contributed by atoms with E-state index in [1.165, 1.54) is 0 Å². The summed E-state index contributed by atoms with van der Waals surface area (Å²) in [6.45, 7) is 0.364. The molecule has 2 aromatic carbocycles. The van der Waals surface area contributed by atoms with E-state index >= 15 is 0 Å². The molecule has 0 radical (unpaired) electrons. The highest BCUT2D eigenvalue weighted by atomic mass is 32.1. The van der Waals surface area contributed by atoms with Crippen molar-refractivity contribution in [2.45, 2.75) is 24.9 Å². The van der Waals surface area contributed by atoms with E-state index in [1.54, 1.807) is 4.68 Å². The number of hydrogen-bond acceptors (Lipinski definition) is 6. The first-order chi connectivity index (χ1) is 13.7. The van der Waals surface area contributed by atoms with Crippen LogP contribution in [-0.2, 0) is 14.3 Å². The first kappa shape index (κ1) is 17.3. The average Bonchev–Trinajstić information content (AvgIpc) is 3.29. The largest absolute Gasteiger partial charge is 0.343 e. The molecule has 3 aromatic rings. The van der Waals surface area contributed by atoms with Crippen LogP contribution in [0.15, 0.2) is 60.7 Å². The molecule has 5 rings (SSSR count). The summed E-state index contributed by atoms with van der Waals surface area (Å²) in [7, 11) is 0. The summed E-state index contributed by atoms with van der Waals surface area (Å²) in [5, 5.41) is 8.07. The van der Waals surface area contributed by atoms with Crippen molar-refractivity contribution in [2.24, 2.45) is 0 Å². The van der Waals surface area contributed by atoms with Crippen molar-refractivity contribution >= 4 is 29.6 Å². The summed E-state index contributed by atoms with van der Waals surface area (Å²) >= 11 is 5.76. The summed E-state index contributed by atoms with van der Waals surface area (Å²) in [6, 6.07) is 19.3. The van der Waals surface area contributed by atoms with Gasteiger partial charge >= 0.3 is 0 Å². The minimum atomic E-state index is -0.742. The average molecular weight is 394 g/mol. The molecule has 3 heterocycles.